The summed E-state index contributed by atoms with van der Waals surface area (Å²) in [5.74, 6) is 1.31. The van der Waals surface area contributed by atoms with Crippen LogP contribution >= 0.6 is 11.6 Å². The van der Waals surface area contributed by atoms with Crippen molar-refractivity contribution in [2.75, 3.05) is 33.6 Å². The molecule has 0 aliphatic carbocycles. The largest absolute Gasteiger partial charge is 0.454 e. The van der Waals surface area contributed by atoms with E-state index in [1.807, 2.05) is 19.2 Å². The Labute approximate surface area is 129 Å². The number of benzene rings is 1. The first-order valence-corrected chi connectivity index (χ1v) is 7.50. The van der Waals surface area contributed by atoms with Gasteiger partial charge in [-0.05, 0) is 24.7 Å². The number of nitrogens with zero attached hydrogens (tertiary/aromatic N) is 1. The van der Waals surface area contributed by atoms with Crippen LogP contribution in [-0.4, -0.2) is 49.2 Å². The summed E-state index contributed by atoms with van der Waals surface area (Å²) in [6.45, 7) is 2.77. The molecule has 0 radical (unpaired) electrons. The van der Waals surface area contributed by atoms with Crippen LogP contribution in [0.1, 0.15) is 18.4 Å². The van der Waals surface area contributed by atoms with Crippen molar-refractivity contribution >= 4 is 11.6 Å². The fraction of sp³-hybridized carbons (Fsp3) is 0.600. The van der Waals surface area contributed by atoms with E-state index in [4.69, 9.17) is 25.8 Å². The molecule has 0 amide bonds. The highest BCUT2D eigenvalue weighted by Crippen LogP contribution is 2.40. The van der Waals surface area contributed by atoms with Crippen LogP contribution in [0, 0.1) is 0 Å². The first kappa shape index (κ1) is 14.9. The van der Waals surface area contributed by atoms with E-state index < -0.39 is 5.60 Å². The molecule has 1 aromatic carbocycles. The lowest BCUT2D eigenvalue weighted by Gasteiger charge is -2.35. The number of rotatable bonds is 4. The molecule has 0 aromatic heterocycles. The predicted molar refractivity (Wildman–Crippen MR) is 78.9 cm³/mol. The van der Waals surface area contributed by atoms with E-state index in [1.165, 1.54) is 0 Å². The van der Waals surface area contributed by atoms with E-state index in [-0.39, 0.29) is 6.79 Å². The van der Waals surface area contributed by atoms with Crippen LogP contribution in [-0.2, 0) is 11.3 Å². The maximum absolute atomic E-state index is 10.5. The molecule has 0 saturated carbocycles. The lowest BCUT2D eigenvalue weighted by molar-refractivity contribution is -0.0777. The SMILES string of the molecule is CN(Cc1cc(Cl)c2c(c1)OCO2)CC1(O)CCOCC1. The van der Waals surface area contributed by atoms with Crippen molar-refractivity contribution in [1.29, 1.82) is 0 Å². The zero-order valence-corrected chi connectivity index (χ0v) is 12.9. The minimum Gasteiger partial charge on any atom is -0.454 e. The summed E-state index contributed by atoms with van der Waals surface area (Å²) in [6.07, 6.45) is 1.36. The minimum absolute atomic E-state index is 0.216. The van der Waals surface area contributed by atoms with E-state index in [2.05, 4.69) is 4.90 Å². The number of hydrogen-bond acceptors (Lipinski definition) is 5. The van der Waals surface area contributed by atoms with Gasteiger partial charge in [0, 0.05) is 39.1 Å². The van der Waals surface area contributed by atoms with Gasteiger partial charge in [0.2, 0.25) is 6.79 Å². The van der Waals surface area contributed by atoms with Crippen molar-refractivity contribution in [3.05, 3.63) is 22.7 Å². The van der Waals surface area contributed by atoms with Crippen LogP contribution in [0.25, 0.3) is 0 Å². The summed E-state index contributed by atoms with van der Waals surface area (Å²) >= 11 is 6.19. The molecule has 0 unspecified atom stereocenters. The Kier molecular flexibility index (Phi) is 4.26. The van der Waals surface area contributed by atoms with Gasteiger partial charge in [-0.15, -0.1) is 0 Å². The van der Waals surface area contributed by atoms with Gasteiger partial charge >= 0.3 is 0 Å². The van der Waals surface area contributed by atoms with Gasteiger partial charge in [-0.2, -0.15) is 0 Å². The number of fused-ring (bicyclic) bond motifs is 1. The Morgan fingerprint density at radius 3 is 2.81 bits per heavy atom. The molecule has 1 fully saturated rings. The molecular formula is C15H20ClNO4. The maximum atomic E-state index is 10.5. The monoisotopic (exact) mass is 313 g/mol. The zero-order valence-electron chi connectivity index (χ0n) is 12.1. The highest BCUT2D eigenvalue weighted by atomic mass is 35.5. The Morgan fingerprint density at radius 2 is 2.05 bits per heavy atom. The van der Waals surface area contributed by atoms with Crippen molar-refractivity contribution < 1.29 is 19.3 Å². The number of aliphatic hydroxyl groups is 1. The second-order valence-electron chi connectivity index (χ2n) is 5.82. The molecule has 6 heteroatoms. The summed E-state index contributed by atoms with van der Waals surface area (Å²) in [7, 11) is 1.99. The molecule has 2 heterocycles. The molecule has 1 N–H and O–H groups in total. The van der Waals surface area contributed by atoms with Crippen LogP contribution < -0.4 is 9.47 Å². The van der Waals surface area contributed by atoms with Crippen molar-refractivity contribution in [1.82, 2.24) is 4.90 Å². The molecule has 0 bridgehead atoms. The van der Waals surface area contributed by atoms with Crippen LogP contribution in [0.2, 0.25) is 5.02 Å². The van der Waals surface area contributed by atoms with E-state index in [0.717, 1.165) is 5.56 Å². The third kappa shape index (κ3) is 3.43. The smallest absolute Gasteiger partial charge is 0.231 e. The van der Waals surface area contributed by atoms with E-state index in [1.54, 1.807) is 0 Å². The van der Waals surface area contributed by atoms with Crippen molar-refractivity contribution in [3.8, 4) is 11.5 Å². The van der Waals surface area contributed by atoms with Crippen molar-refractivity contribution in [3.63, 3.8) is 0 Å². The summed E-state index contributed by atoms with van der Waals surface area (Å²) in [4.78, 5) is 2.10. The molecule has 2 aliphatic rings. The third-order valence-corrected chi connectivity index (χ3v) is 4.21. The zero-order chi connectivity index (χ0) is 14.9. The average molecular weight is 314 g/mol. The first-order chi connectivity index (χ1) is 10.1. The van der Waals surface area contributed by atoms with E-state index >= 15 is 0 Å². The second kappa shape index (κ2) is 6.01. The Bertz CT molecular complexity index is 517. The fourth-order valence-corrected chi connectivity index (χ4v) is 3.18. The van der Waals surface area contributed by atoms with Gasteiger partial charge in [-0.1, -0.05) is 11.6 Å². The van der Waals surface area contributed by atoms with Gasteiger partial charge in [-0.3, -0.25) is 4.90 Å². The normalized spacial score (nSPS) is 20.0. The molecule has 5 nitrogen and oxygen atoms in total. The highest BCUT2D eigenvalue weighted by Gasteiger charge is 2.31. The van der Waals surface area contributed by atoms with Crippen LogP contribution in [0.4, 0.5) is 0 Å². The van der Waals surface area contributed by atoms with Crippen LogP contribution in [0.15, 0.2) is 12.1 Å². The van der Waals surface area contributed by atoms with Gasteiger partial charge in [0.1, 0.15) is 0 Å². The van der Waals surface area contributed by atoms with Gasteiger partial charge < -0.3 is 19.3 Å². The molecular weight excluding hydrogens is 294 g/mol. The van der Waals surface area contributed by atoms with E-state index in [0.29, 0.717) is 55.7 Å². The number of halogens is 1. The summed E-state index contributed by atoms with van der Waals surface area (Å²) in [6, 6.07) is 3.83. The fourth-order valence-electron chi connectivity index (χ4n) is 2.89. The first-order valence-electron chi connectivity index (χ1n) is 7.12. The summed E-state index contributed by atoms with van der Waals surface area (Å²) in [5.41, 5.74) is 0.384. The number of hydrogen-bond donors (Lipinski definition) is 1. The van der Waals surface area contributed by atoms with Gasteiger partial charge in [0.05, 0.1) is 10.6 Å². The number of ether oxygens (including phenoxy) is 3. The topological polar surface area (TPSA) is 51.2 Å². The third-order valence-electron chi connectivity index (χ3n) is 3.93. The van der Waals surface area contributed by atoms with Crippen molar-refractivity contribution in [2.45, 2.75) is 25.0 Å². The molecule has 116 valence electrons. The summed E-state index contributed by atoms with van der Waals surface area (Å²) in [5, 5.41) is 11.1. The lowest BCUT2D eigenvalue weighted by atomic mass is 9.94. The average Bonchev–Trinajstić information content (AvgIpc) is 2.87. The molecule has 0 spiro atoms. The van der Waals surface area contributed by atoms with Gasteiger partial charge in [-0.25, -0.2) is 0 Å². The Balaban J connectivity index is 1.65. The van der Waals surface area contributed by atoms with Gasteiger partial charge in [0.15, 0.2) is 11.5 Å². The van der Waals surface area contributed by atoms with Gasteiger partial charge in [0.25, 0.3) is 0 Å². The molecule has 1 aromatic rings. The van der Waals surface area contributed by atoms with Crippen LogP contribution in [0.3, 0.4) is 0 Å². The molecule has 0 atom stereocenters. The standard InChI is InChI=1S/C15H20ClNO4/c1-17(9-15(18)2-4-19-5-3-15)8-11-6-12(16)14-13(7-11)20-10-21-14/h6-7,18H,2-5,8-10H2,1H3. The Hall–Kier alpha value is -1.01. The molecule has 1 saturated heterocycles. The molecule has 3 rings (SSSR count). The Morgan fingerprint density at radius 1 is 1.29 bits per heavy atom. The predicted octanol–water partition coefficient (Wildman–Crippen LogP) is 2.04. The maximum Gasteiger partial charge on any atom is 0.231 e. The minimum atomic E-state index is -0.660. The van der Waals surface area contributed by atoms with E-state index in [9.17, 15) is 5.11 Å². The van der Waals surface area contributed by atoms with Crippen LogP contribution in [0.5, 0.6) is 11.5 Å². The molecule has 2 aliphatic heterocycles. The lowest BCUT2D eigenvalue weighted by Crippen LogP contribution is -2.45. The number of likely N-dealkylation sites (N-methyl/N-ethyl adjacent to an activating group) is 1. The summed E-state index contributed by atoms with van der Waals surface area (Å²) < 4.78 is 16.0. The second-order valence-corrected chi connectivity index (χ2v) is 6.23. The van der Waals surface area contributed by atoms with Crippen molar-refractivity contribution in [2.24, 2.45) is 0 Å². The quantitative estimate of drug-likeness (QED) is 0.922. The highest BCUT2D eigenvalue weighted by molar-refractivity contribution is 6.32. The molecule has 21 heavy (non-hydrogen) atoms.